The Kier molecular flexibility index (Phi) is 8.76. The standard InChI is InChI=1S/C60H39NS/c1-3-19-40(20-4-1)45-38-37-43(39-55(45)42-21-5-2-6-22-42)61(56-35-15-13-28-48(56)53-33-18-34-54-49-29-14-16-36-57(49)62-60(53)54)59-52-31-12-10-27-47(52)46-26-9-11-30-51(46)58(59)50-32-17-24-41-23-7-8-25-44(41)50/h1-39H. The van der Waals surface area contributed by atoms with E-state index in [1.165, 1.54) is 97.0 Å². The highest BCUT2D eigenvalue weighted by atomic mass is 32.1. The molecular formula is C60H39NS. The predicted molar refractivity (Wildman–Crippen MR) is 268 cm³/mol. The van der Waals surface area contributed by atoms with Gasteiger partial charge < -0.3 is 4.90 Å². The first-order valence-corrected chi connectivity index (χ1v) is 22.1. The molecule has 2 heteroatoms. The average molecular weight is 806 g/mol. The number of para-hydroxylation sites is 1. The molecule has 0 saturated heterocycles. The molecule has 0 N–H and O–H groups in total. The van der Waals surface area contributed by atoms with Crippen molar-refractivity contribution >= 4 is 80.9 Å². The van der Waals surface area contributed by atoms with Crippen LogP contribution in [-0.4, -0.2) is 0 Å². The molecule has 1 aromatic heterocycles. The van der Waals surface area contributed by atoms with Crippen LogP contribution in [0.15, 0.2) is 237 Å². The zero-order valence-corrected chi connectivity index (χ0v) is 34.7. The van der Waals surface area contributed by atoms with Crippen LogP contribution in [0.4, 0.5) is 17.1 Å². The van der Waals surface area contributed by atoms with Gasteiger partial charge in [-0.05, 0) is 79.0 Å². The Labute approximate surface area is 365 Å². The summed E-state index contributed by atoms with van der Waals surface area (Å²) in [5.74, 6) is 0. The molecule has 0 spiro atoms. The van der Waals surface area contributed by atoms with Gasteiger partial charge in [0.2, 0.25) is 0 Å². The number of benzene rings is 11. The molecule has 0 saturated carbocycles. The summed E-state index contributed by atoms with van der Waals surface area (Å²) < 4.78 is 2.59. The Morgan fingerprint density at radius 2 is 0.839 bits per heavy atom. The third-order valence-electron chi connectivity index (χ3n) is 12.5. The molecule has 0 bridgehead atoms. The number of nitrogens with zero attached hydrogens (tertiary/aromatic N) is 1. The largest absolute Gasteiger partial charge is 0.309 e. The van der Waals surface area contributed by atoms with Crippen molar-refractivity contribution in [2.24, 2.45) is 0 Å². The summed E-state index contributed by atoms with van der Waals surface area (Å²) in [6, 6.07) is 87.0. The van der Waals surface area contributed by atoms with E-state index in [4.69, 9.17) is 0 Å². The molecule has 0 radical (unpaired) electrons. The van der Waals surface area contributed by atoms with Gasteiger partial charge in [-0.1, -0.05) is 212 Å². The monoisotopic (exact) mass is 805 g/mol. The van der Waals surface area contributed by atoms with Crippen molar-refractivity contribution in [3.8, 4) is 44.5 Å². The first-order valence-electron chi connectivity index (χ1n) is 21.3. The lowest BCUT2D eigenvalue weighted by Gasteiger charge is -2.33. The molecule has 11 aromatic carbocycles. The average Bonchev–Trinajstić information content (AvgIpc) is 3.74. The molecule has 0 unspecified atom stereocenters. The number of thiophene rings is 1. The molecule has 1 heterocycles. The van der Waals surface area contributed by atoms with E-state index in [1.807, 2.05) is 11.3 Å². The van der Waals surface area contributed by atoms with Crippen molar-refractivity contribution in [2.45, 2.75) is 0 Å². The van der Waals surface area contributed by atoms with E-state index < -0.39 is 0 Å². The highest BCUT2D eigenvalue weighted by Crippen LogP contribution is 2.54. The van der Waals surface area contributed by atoms with Crippen molar-refractivity contribution in [2.75, 3.05) is 4.90 Å². The van der Waals surface area contributed by atoms with Crippen molar-refractivity contribution < 1.29 is 0 Å². The van der Waals surface area contributed by atoms with Gasteiger partial charge in [-0.25, -0.2) is 0 Å². The van der Waals surface area contributed by atoms with Crippen LogP contribution < -0.4 is 4.90 Å². The van der Waals surface area contributed by atoms with Crippen LogP contribution >= 0.6 is 11.3 Å². The van der Waals surface area contributed by atoms with Crippen LogP contribution in [-0.2, 0) is 0 Å². The fourth-order valence-corrected chi connectivity index (χ4v) is 10.9. The molecule has 0 fully saturated rings. The fraction of sp³-hybridized carbons (Fsp3) is 0. The zero-order valence-electron chi connectivity index (χ0n) is 33.9. The number of hydrogen-bond acceptors (Lipinski definition) is 2. The van der Waals surface area contributed by atoms with Gasteiger partial charge in [0, 0.05) is 47.9 Å². The van der Waals surface area contributed by atoms with E-state index in [2.05, 4.69) is 241 Å². The number of fused-ring (bicyclic) bond motifs is 7. The van der Waals surface area contributed by atoms with Crippen LogP contribution in [0.5, 0.6) is 0 Å². The maximum atomic E-state index is 2.58. The Morgan fingerprint density at radius 1 is 0.306 bits per heavy atom. The summed E-state index contributed by atoms with van der Waals surface area (Å²) in [6.45, 7) is 0. The van der Waals surface area contributed by atoms with Gasteiger partial charge in [0.05, 0.1) is 11.4 Å². The third kappa shape index (κ3) is 5.91. The summed E-state index contributed by atoms with van der Waals surface area (Å²) in [5, 5.41) is 9.90. The lowest BCUT2D eigenvalue weighted by Crippen LogP contribution is -2.14. The Morgan fingerprint density at radius 3 is 1.63 bits per heavy atom. The highest BCUT2D eigenvalue weighted by molar-refractivity contribution is 7.26. The van der Waals surface area contributed by atoms with E-state index in [0.29, 0.717) is 0 Å². The smallest absolute Gasteiger partial charge is 0.0625 e. The summed E-state index contributed by atoms with van der Waals surface area (Å²) in [4.78, 5) is 2.58. The zero-order chi connectivity index (χ0) is 41.0. The predicted octanol–water partition coefficient (Wildman–Crippen LogP) is 17.7. The molecule has 290 valence electrons. The molecular weight excluding hydrogens is 767 g/mol. The van der Waals surface area contributed by atoms with Crippen molar-refractivity contribution in [1.82, 2.24) is 0 Å². The van der Waals surface area contributed by atoms with Crippen LogP contribution in [0, 0.1) is 0 Å². The second kappa shape index (κ2) is 15.0. The van der Waals surface area contributed by atoms with Gasteiger partial charge in [-0.15, -0.1) is 11.3 Å². The normalized spacial score (nSPS) is 11.5. The number of anilines is 3. The molecule has 0 aliphatic heterocycles. The van der Waals surface area contributed by atoms with E-state index in [1.54, 1.807) is 0 Å². The van der Waals surface area contributed by atoms with E-state index in [-0.39, 0.29) is 0 Å². The number of rotatable bonds is 7. The summed E-state index contributed by atoms with van der Waals surface area (Å²) in [7, 11) is 0. The molecule has 0 amide bonds. The maximum absolute atomic E-state index is 2.58. The van der Waals surface area contributed by atoms with Crippen LogP contribution in [0.1, 0.15) is 0 Å². The molecule has 62 heavy (non-hydrogen) atoms. The minimum Gasteiger partial charge on any atom is -0.309 e. The first-order chi connectivity index (χ1) is 30.8. The van der Waals surface area contributed by atoms with Crippen LogP contribution in [0.3, 0.4) is 0 Å². The van der Waals surface area contributed by atoms with Gasteiger partial charge >= 0.3 is 0 Å². The first kappa shape index (κ1) is 36.1. The maximum Gasteiger partial charge on any atom is 0.0625 e. The topological polar surface area (TPSA) is 3.24 Å². The number of hydrogen-bond donors (Lipinski definition) is 0. The highest BCUT2D eigenvalue weighted by Gasteiger charge is 2.27. The van der Waals surface area contributed by atoms with E-state index >= 15 is 0 Å². The fourth-order valence-electron chi connectivity index (χ4n) is 9.71. The molecule has 0 aliphatic carbocycles. The second-order valence-corrected chi connectivity index (χ2v) is 17.0. The minimum absolute atomic E-state index is 1.08. The van der Waals surface area contributed by atoms with Crippen molar-refractivity contribution in [1.29, 1.82) is 0 Å². The van der Waals surface area contributed by atoms with E-state index in [0.717, 1.165) is 17.1 Å². The van der Waals surface area contributed by atoms with Gasteiger partial charge in [0.1, 0.15) is 0 Å². The third-order valence-corrected chi connectivity index (χ3v) is 13.7. The summed E-state index contributed by atoms with van der Waals surface area (Å²) in [6.07, 6.45) is 0. The van der Waals surface area contributed by atoms with Gasteiger partial charge in [-0.3, -0.25) is 0 Å². The summed E-state index contributed by atoms with van der Waals surface area (Å²) in [5.41, 5.74) is 12.9. The van der Waals surface area contributed by atoms with Crippen molar-refractivity contribution in [3.63, 3.8) is 0 Å². The molecule has 12 aromatic rings. The second-order valence-electron chi connectivity index (χ2n) is 15.9. The van der Waals surface area contributed by atoms with Gasteiger partial charge in [-0.2, -0.15) is 0 Å². The lowest BCUT2D eigenvalue weighted by atomic mass is 9.87. The van der Waals surface area contributed by atoms with Crippen LogP contribution in [0.2, 0.25) is 0 Å². The molecule has 0 atom stereocenters. The SMILES string of the molecule is c1ccc(-c2ccc(N(c3ccccc3-c3cccc4c3sc3ccccc34)c3c(-c4cccc5ccccc45)c4ccccc4c4ccccc34)cc2-c2ccccc2)cc1. The van der Waals surface area contributed by atoms with Gasteiger partial charge in [0.15, 0.2) is 0 Å². The molecule has 1 nitrogen and oxygen atoms in total. The lowest BCUT2D eigenvalue weighted by molar-refractivity contribution is 1.30. The molecule has 0 aliphatic rings. The van der Waals surface area contributed by atoms with Gasteiger partial charge in [0.25, 0.3) is 0 Å². The van der Waals surface area contributed by atoms with Crippen molar-refractivity contribution in [3.05, 3.63) is 237 Å². The Hall–Kier alpha value is -7.78. The molecule has 12 rings (SSSR count). The summed E-state index contributed by atoms with van der Waals surface area (Å²) >= 11 is 1.88. The quantitative estimate of drug-likeness (QED) is 0.145. The Balaban J connectivity index is 1.25. The van der Waals surface area contributed by atoms with Crippen LogP contribution in [0.25, 0.3) is 97.0 Å². The Bertz CT molecular complexity index is 3630. The minimum atomic E-state index is 1.08. The van der Waals surface area contributed by atoms with E-state index in [9.17, 15) is 0 Å².